The molecule has 0 bridgehead atoms. The Bertz CT molecular complexity index is 1180. The Hall–Kier alpha value is -2.84. The lowest BCUT2D eigenvalue weighted by Gasteiger charge is -2.10. The molecule has 0 fully saturated rings. The first-order valence-corrected chi connectivity index (χ1v) is 11.4. The van der Waals surface area contributed by atoms with Crippen LogP contribution in [0.15, 0.2) is 77.0 Å². The normalized spacial score (nSPS) is 11.0. The van der Waals surface area contributed by atoms with Crippen molar-refractivity contribution in [3.63, 3.8) is 0 Å². The molecule has 8 heteroatoms. The van der Waals surface area contributed by atoms with Crippen LogP contribution in [0.25, 0.3) is 11.0 Å². The molecule has 0 radical (unpaired) electrons. The summed E-state index contributed by atoms with van der Waals surface area (Å²) in [6.07, 6.45) is 5.39. The zero-order valence-corrected chi connectivity index (χ0v) is 17.8. The smallest absolute Gasteiger partial charge is 0.244 e. The molecule has 0 aliphatic heterocycles. The number of benzene rings is 2. The van der Waals surface area contributed by atoms with E-state index in [1.54, 1.807) is 36.3 Å². The fourth-order valence-corrected chi connectivity index (χ4v) is 4.41. The van der Waals surface area contributed by atoms with E-state index in [-0.39, 0.29) is 18.3 Å². The van der Waals surface area contributed by atoms with Crippen LogP contribution in [0.3, 0.4) is 0 Å². The van der Waals surface area contributed by atoms with Crippen molar-refractivity contribution in [3.05, 3.63) is 78.4 Å². The minimum atomic E-state index is -0.260. The topological polar surface area (TPSA) is 59.8 Å². The number of halogens is 1. The molecule has 5 nitrogen and oxygen atoms in total. The van der Waals surface area contributed by atoms with E-state index in [0.717, 1.165) is 32.3 Å². The number of thioether (sulfide) groups is 2. The highest BCUT2D eigenvalue weighted by Gasteiger charge is 2.15. The Morgan fingerprint density at radius 2 is 2.00 bits per heavy atom. The van der Waals surface area contributed by atoms with Crippen molar-refractivity contribution in [3.8, 4) is 0 Å². The lowest BCUT2D eigenvalue weighted by molar-refractivity contribution is -0.116. The van der Waals surface area contributed by atoms with Gasteiger partial charge in [0.05, 0.1) is 17.2 Å². The molecule has 2 aromatic carbocycles. The van der Waals surface area contributed by atoms with Gasteiger partial charge in [-0.25, -0.2) is 9.37 Å². The molecule has 0 atom stereocenters. The Morgan fingerprint density at radius 1 is 1.17 bits per heavy atom. The zero-order valence-electron chi connectivity index (χ0n) is 16.2. The second-order valence-corrected chi connectivity index (χ2v) is 8.36. The van der Waals surface area contributed by atoms with Gasteiger partial charge in [0.2, 0.25) is 5.91 Å². The number of nitrogens with one attached hydrogen (secondary N) is 1. The molecule has 0 saturated heterocycles. The van der Waals surface area contributed by atoms with Crippen molar-refractivity contribution in [2.45, 2.75) is 22.3 Å². The van der Waals surface area contributed by atoms with E-state index in [1.165, 1.54) is 23.9 Å². The number of hydrogen-bond acceptors (Lipinski definition) is 5. The van der Waals surface area contributed by atoms with Gasteiger partial charge in [-0.3, -0.25) is 9.78 Å². The van der Waals surface area contributed by atoms with E-state index in [0.29, 0.717) is 5.75 Å². The monoisotopic (exact) mass is 438 g/mol. The van der Waals surface area contributed by atoms with E-state index >= 15 is 0 Å². The molecule has 0 aliphatic carbocycles. The van der Waals surface area contributed by atoms with Gasteiger partial charge >= 0.3 is 0 Å². The number of hydrogen-bond donors (Lipinski definition) is 1. The summed E-state index contributed by atoms with van der Waals surface area (Å²) in [4.78, 5) is 22.7. The van der Waals surface area contributed by atoms with Crippen LogP contribution in [-0.2, 0) is 17.1 Å². The van der Waals surface area contributed by atoms with Crippen LogP contribution >= 0.6 is 23.5 Å². The third kappa shape index (κ3) is 4.83. The summed E-state index contributed by atoms with van der Waals surface area (Å²) in [6, 6.07) is 16.0. The standard InChI is InChI=1S/C22H19FN4OS2/c1-29-18-4-2-3-17(11-18)25-21(28)13-27-20-12-24-10-9-19(20)26-22(27)30-14-15-5-7-16(23)8-6-15/h2-12H,13-14H2,1H3,(H,25,28). The Morgan fingerprint density at radius 3 is 2.80 bits per heavy atom. The van der Waals surface area contributed by atoms with Crippen molar-refractivity contribution >= 4 is 46.2 Å². The minimum Gasteiger partial charge on any atom is -0.324 e. The molecule has 1 amide bonds. The maximum absolute atomic E-state index is 13.1. The summed E-state index contributed by atoms with van der Waals surface area (Å²) in [5, 5.41) is 3.67. The molecule has 0 saturated carbocycles. The molecule has 2 aromatic heterocycles. The molecule has 30 heavy (non-hydrogen) atoms. The van der Waals surface area contributed by atoms with Crippen LogP contribution in [-0.4, -0.2) is 26.7 Å². The van der Waals surface area contributed by atoms with Crippen LogP contribution < -0.4 is 5.32 Å². The molecule has 0 unspecified atom stereocenters. The Labute approximate surface area is 182 Å². The van der Waals surface area contributed by atoms with Crippen LogP contribution in [0, 0.1) is 5.82 Å². The first kappa shape index (κ1) is 20.4. The van der Waals surface area contributed by atoms with E-state index in [4.69, 9.17) is 0 Å². The summed E-state index contributed by atoms with van der Waals surface area (Å²) in [5.74, 6) is 0.221. The third-order valence-electron chi connectivity index (χ3n) is 4.45. The number of pyridine rings is 1. The Balaban J connectivity index is 1.54. The van der Waals surface area contributed by atoms with Gasteiger partial charge in [-0.1, -0.05) is 30.0 Å². The van der Waals surface area contributed by atoms with Crippen LogP contribution in [0.4, 0.5) is 10.1 Å². The molecule has 4 rings (SSSR count). The highest BCUT2D eigenvalue weighted by molar-refractivity contribution is 7.98. The lowest BCUT2D eigenvalue weighted by Crippen LogP contribution is -2.19. The molecule has 0 aliphatic rings. The van der Waals surface area contributed by atoms with Crippen molar-refractivity contribution < 1.29 is 9.18 Å². The number of rotatable bonds is 7. The SMILES string of the molecule is CSc1cccc(NC(=O)Cn2c(SCc3ccc(F)cc3)nc3ccncc32)c1. The van der Waals surface area contributed by atoms with Crippen LogP contribution in [0.5, 0.6) is 0 Å². The van der Waals surface area contributed by atoms with Gasteiger partial charge in [0.25, 0.3) is 0 Å². The first-order valence-electron chi connectivity index (χ1n) is 9.24. The van der Waals surface area contributed by atoms with Gasteiger partial charge in [0.15, 0.2) is 5.16 Å². The van der Waals surface area contributed by atoms with E-state index < -0.39 is 0 Å². The number of aromatic nitrogens is 3. The number of imidazole rings is 1. The predicted molar refractivity (Wildman–Crippen MR) is 120 cm³/mol. The molecular weight excluding hydrogens is 419 g/mol. The second kappa shape index (κ2) is 9.32. The number of amides is 1. The average Bonchev–Trinajstić information content (AvgIpc) is 3.11. The summed E-state index contributed by atoms with van der Waals surface area (Å²) in [7, 11) is 0. The number of fused-ring (bicyclic) bond motifs is 1. The number of carbonyl (C=O) groups is 1. The van der Waals surface area contributed by atoms with Gasteiger partial charge in [0, 0.05) is 22.5 Å². The molecule has 1 N–H and O–H groups in total. The van der Waals surface area contributed by atoms with Crippen molar-refractivity contribution in [2.24, 2.45) is 0 Å². The van der Waals surface area contributed by atoms with Gasteiger partial charge in [-0.05, 0) is 48.2 Å². The third-order valence-corrected chi connectivity index (χ3v) is 6.22. The number of carbonyl (C=O) groups excluding carboxylic acids is 1. The van der Waals surface area contributed by atoms with E-state index in [9.17, 15) is 9.18 Å². The fraction of sp³-hybridized carbons (Fsp3) is 0.136. The molecule has 2 heterocycles. The second-order valence-electron chi connectivity index (χ2n) is 6.54. The molecular formula is C22H19FN4OS2. The summed E-state index contributed by atoms with van der Waals surface area (Å²) < 4.78 is 15.0. The van der Waals surface area contributed by atoms with Crippen LogP contribution in [0.1, 0.15) is 5.56 Å². The largest absolute Gasteiger partial charge is 0.324 e. The predicted octanol–water partition coefficient (Wildman–Crippen LogP) is 5.22. The number of anilines is 1. The molecule has 4 aromatic rings. The summed E-state index contributed by atoms with van der Waals surface area (Å²) in [5.41, 5.74) is 3.32. The van der Waals surface area contributed by atoms with E-state index in [1.807, 2.05) is 41.2 Å². The first-order chi connectivity index (χ1) is 14.6. The van der Waals surface area contributed by atoms with Crippen molar-refractivity contribution in [1.29, 1.82) is 0 Å². The summed E-state index contributed by atoms with van der Waals surface area (Å²) >= 11 is 3.13. The van der Waals surface area contributed by atoms with E-state index in [2.05, 4.69) is 15.3 Å². The quantitative estimate of drug-likeness (QED) is 0.401. The maximum atomic E-state index is 13.1. The zero-order chi connectivity index (χ0) is 20.9. The highest BCUT2D eigenvalue weighted by Crippen LogP contribution is 2.27. The maximum Gasteiger partial charge on any atom is 0.244 e. The summed E-state index contributed by atoms with van der Waals surface area (Å²) in [6.45, 7) is 0.122. The average molecular weight is 439 g/mol. The fourth-order valence-electron chi connectivity index (χ4n) is 2.98. The highest BCUT2D eigenvalue weighted by atomic mass is 32.2. The number of nitrogens with zero attached hydrogens (tertiary/aromatic N) is 3. The van der Waals surface area contributed by atoms with Gasteiger partial charge in [0.1, 0.15) is 12.4 Å². The van der Waals surface area contributed by atoms with Crippen molar-refractivity contribution in [1.82, 2.24) is 14.5 Å². The van der Waals surface area contributed by atoms with Gasteiger partial charge < -0.3 is 9.88 Å². The minimum absolute atomic E-state index is 0.122. The lowest BCUT2D eigenvalue weighted by atomic mass is 10.2. The Kier molecular flexibility index (Phi) is 6.35. The van der Waals surface area contributed by atoms with Crippen molar-refractivity contribution in [2.75, 3.05) is 11.6 Å². The van der Waals surface area contributed by atoms with Gasteiger partial charge in [-0.15, -0.1) is 11.8 Å². The molecule has 0 spiro atoms. The van der Waals surface area contributed by atoms with Crippen LogP contribution in [0.2, 0.25) is 0 Å². The van der Waals surface area contributed by atoms with Gasteiger partial charge in [-0.2, -0.15) is 0 Å². The molecule has 152 valence electrons.